The zero-order chi connectivity index (χ0) is 21.3. The van der Waals surface area contributed by atoms with Crippen molar-refractivity contribution in [2.45, 2.75) is 49.3 Å². The average molecular weight is 470 g/mol. The van der Waals surface area contributed by atoms with Crippen LogP contribution in [-0.2, 0) is 10.0 Å². The van der Waals surface area contributed by atoms with Crippen LogP contribution < -0.4 is 10.0 Å². The summed E-state index contributed by atoms with van der Waals surface area (Å²) in [6, 6.07) is 5.90. The first-order valence-corrected chi connectivity index (χ1v) is 11.8. The van der Waals surface area contributed by atoms with Crippen molar-refractivity contribution in [2.24, 2.45) is 0 Å². The fourth-order valence-electron chi connectivity index (χ4n) is 3.59. The second-order valence-electron chi connectivity index (χ2n) is 7.27. The van der Waals surface area contributed by atoms with E-state index in [1.807, 2.05) is 0 Å². The summed E-state index contributed by atoms with van der Waals surface area (Å²) in [6.07, 6.45) is 7.64. The molecule has 0 bridgehead atoms. The first kappa shape index (κ1) is 21.3. The number of nitrogens with one attached hydrogen (secondary N) is 2. The van der Waals surface area contributed by atoms with E-state index in [0.717, 1.165) is 25.7 Å². The van der Waals surface area contributed by atoms with Crippen molar-refractivity contribution in [2.75, 3.05) is 4.72 Å². The predicted molar refractivity (Wildman–Crippen MR) is 115 cm³/mol. The highest BCUT2D eigenvalue weighted by Crippen LogP contribution is 2.27. The lowest BCUT2D eigenvalue weighted by atomic mass is 9.95. The third-order valence-electron chi connectivity index (χ3n) is 5.11. The molecule has 1 aliphatic carbocycles. The minimum Gasteiger partial charge on any atom is -0.374 e. The molecule has 3 aromatic rings. The number of fused-ring (bicyclic) bond motifs is 1. The van der Waals surface area contributed by atoms with Gasteiger partial charge in [0.25, 0.3) is 10.0 Å². The van der Waals surface area contributed by atoms with Gasteiger partial charge in [-0.1, -0.05) is 42.5 Å². The van der Waals surface area contributed by atoms with E-state index in [-0.39, 0.29) is 26.8 Å². The third kappa shape index (κ3) is 4.55. The van der Waals surface area contributed by atoms with Crippen LogP contribution in [0.2, 0.25) is 10.0 Å². The van der Waals surface area contributed by atoms with Gasteiger partial charge in [-0.2, -0.15) is 5.10 Å². The number of hydrogen-bond acceptors (Lipinski definition) is 6. The van der Waals surface area contributed by atoms with E-state index >= 15 is 0 Å². The Labute approximate surface area is 184 Å². The molecule has 0 amide bonds. The van der Waals surface area contributed by atoms with Gasteiger partial charge < -0.3 is 5.11 Å². The van der Waals surface area contributed by atoms with Crippen molar-refractivity contribution >= 4 is 44.7 Å². The number of hydrogen-bond donors (Lipinski definition) is 3. The molecule has 160 valence electrons. The summed E-state index contributed by atoms with van der Waals surface area (Å²) >= 11 is 11.9. The Morgan fingerprint density at radius 2 is 1.93 bits per heavy atom. The molecular weight excluding hydrogens is 449 g/mol. The van der Waals surface area contributed by atoms with Crippen LogP contribution in [0, 0.1) is 0 Å². The van der Waals surface area contributed by atoms with E-state index in [2.05, 4.69) is 20.1 Å². The molecular formula is C19H21Cl2N5O3S. The summed E-state index contributed by atoms with van der Waals surface area (Å²) < 4.78 is 29.4. The molecule has 0 spiro atoms. The molecule has 2 heterocycles. The molecule has 1 aliphatic rings. The number of benzene rings is 1. The molecule has 4 rings (SSSR count). The Bertz CT molecular complexity index is 1160. The predicted octanol–water partition coefficient (Wildman–Crippen LogP) is 3.75. The summed E-state index contributed by atoms with van der Waals surface area (Å²) in [4.78, 5) is 4.20. The fourth-order valence-corrected chi connectivity index (χ4v) is 5.36. The Balaban J connectivity index is 1.60. The summed E-state index contributed by atoms with van der Waals surface area (Å²) in [5.41, 5.74) is 0.825. The monoisotopic (exact) mass is 469 g/mol. The smallest absolute Gasteiger partial charge is 0.264 e. The summed E-state index contributed by atoms with van der Waals surface area (Å²) in [7, 11) is -4.01. The van der Waals surface area contributed by atoms with E-state index in [4.69, 9.17) is 23.2 Å². The maximum absolute atomic E-state index is 12.8. The highest BCUT2D eigenvalue weighted by atomic mass is 35.5. The molecule has 8 nitrogen and oxygen atoms in total. The molecule has 1 aromatic carbocycles. The van der Waals surface area contributed by atoms with Gasteiger partial charge in [-0.3, -0.25) is 10.0 Å². The van der Waals surface area contributed by atoms with E-state index in [1.54, 1.807) is 6.20 Å². The van der Waals surface area contributed by atoms with Gasteiger partial charge in [-0.15, -0.1) is 0 Å². The summed E-state index contributed by atoms with van der Waals surface area (Å²) in [5.74, 6) is 0.0742. The molecule has 1 saturated carbocycles. The number of anilines is 1. The molecule has 1 fully saturated rings. The van der Waals surface area contributed by atoms with Crippen molar-refractivity contribution < 1.29 is 13.5 Å². The first-order valence-electron chi connectivity index (χ1n) is 9.60. The second kappa shape index (κ2) is 8.68. The van der Waals surface area contributed by atoms with Crippen molar-refractivity contribution in [3.05, 3.63) is 52.3 Å². The van der Waals surface area contributed by atoms with Gasteiger partial charge in [0.2, 0.25) is 0 Å². The van der Waals surface area contributed by atoms with Gasteiger partial charge in [-0.05, 0) is 37.1 Å². The Kier molecular flexibility index (Phi) is 6.17. The van der Waals surface area contributed by atoms with Crippen molar-refractivity contribution in [3.63, 3.8) is 0 Å². The highest BCUT2D eigenvalue weighted by Gasteiger charge is 2.23. The lowest BCUT2D eigenvalue weighted by Gasteiger charge is -2.25. The number of rotatable bonds is 6. The van der Waals surface area contributed by atoms with Crippen LogP contribution >= 0.6 is 23.2 Å². The molecule has 1 atom stereocenters. The van der Waals surface area contributed by atoms with E-state index in [1.165, 1.54) is 41.4 Å². The Morgan fingerprint density at radius 1 is 1.17 bits per heavy atom. The molecule has 11 heteroatoms. The van der Waals surface area contributed by atoms with Gasteiger partial charge in [0.1, 0.15) is 16.9 Å². The summed E-state index contributed by atoms with van der Waals surface area (Å²) in [6.45, 7) is 0. The van der Waals surface area contributed by atoms with Crippen LogP contribution in [0.15, 0.2) is 41.6 Å². The van der Waals surface area contributed by atoms with E-state index < -0.39 is 16.3 Å². The topological polar surface area (TPSA) is 109 Å². The zero-order valence-electron chi connectivity index (χ0n) is 15.9. The van der Waals surface area contributed by atoms with E-state index in [0.29, 0.717) is 11.2 Å². The first-order chi connectivity index (χ1) is 14.3. The maximum atomic E-state index is 12.8. The number of nitrogens with zero attached hydrogens (tertiary/aromatic N) is 3. The molecule has 0 radical (unpaired) electrons. The zero-order valence-corrected chi connectivity index (χ0v) is 18.3. The van der Waals surface area contributed by atoms with Gasteiger partial charge in [0, 0.05) is 17.3 Å². The second-order valence-corrected chi connectivity index (χ2v) is 9.76. The number of halogens is 2. The lowest BCUT2D eigenvalue weighted by Crippen LogP contribution is -2.34. The molecule has 0 aliphatic heterocycles. The van der Waals surface area contributed by atoms with Crippen LogP contribution in [0.4, 0.5) is 5.82 Å². The van der Waals surface area contributed by atoms with Crippen LogP contribution in [-0.4, -0.2) is 34.2 Å². The van der Waals surface area contributed by atoms with Crippen molar-refractivity contribution in [1.29, 1.82) is 0 Å². The van der Waals surface area contributed by atoms with Crippen molar-refractivity contribution in [3.8, 4) is 0 Å². The molecule has 2 aromatic heterocycles. The minimum absolute atomic E-state index is 0.0464. The minimum atomic E-state index is -4.01. The lowest BCUT2D eigenvalue weighted by molar-refractivity contribution is 0.115. The Hall–Kier alpha value is -1.91. The Morgan fingerprint density at radius 3 is 2.70 bits per heavy atom. The van der Waals surface area contributed by atoms with Crippen LogP contribution in [0.3, 0.4) is 0 Å². The number of aliphatic hydroxyl groups excluding tert-OH is 1. The van der Waals surface area contributed by atoms with Gasteiger partial charge in [0.15, 0.2) is 5.65 Å². The van der Waals surface area contributed by atoms with Gasteiger partial charge >= 0.3 is 0 Å². The largest absolute Gasteiger partial charge is 0.374 e. The number of sulfonamides is 1. The van der Waals surface area contributed by atoms with Crippen LogP contribution in [0.25, 0.3) is 5.65 Å². The van der Waals surface area contributed by atoms with Crippen LogP contribution in [0.5, 0.6) is 0 Å². The SMILES string of the molecule is O=S(=O)(Nc1ccn2ncc(C(O)NC3CCCCC3)c2n1)c1cc(Cl)ccc1Cl. The van der Waals surface area contributed by atoms with Crippen molar-refractivity contribution in [1.82, 2.24) is 19.9 Å². The number of aromatic nitrogens is 3. The fraction of sp³-hybridized carbons (Fsp3) is 0.368. The summed E-state index contributed by atoms with van der Waals surface area (Å²) in [5, 5.41) is 18.4. The molecule has 0 saturated heterocycles. The average Bonchev–Trinajstić information content (AvgIpc) is 3.13. The molecule has 1 unspecified atom stereocenters. The standard InChI is InChI=1S/C19H21Cl2N5O3S/c20-12-6-7-15(21)16(10-12)30(28,29)25-17-8-9-26-18(24-17)14(11-22-26)19(27)23-13-4-2-1-3-5-13/h6-11,13,19,23,27H,1-5H2,(H,24,25). The van der Waals surface area contributed by atoms with Gasteiger partial charge in [0.05, 0.1) is 16.8 Å². The molecule has 30 heavy (non-hydrogen) atoms. The van der Waals surface area contributed by atoms with E-state index in [9.17, 15) is 13.5 Å². The maximum Gasteiger partial charge on any atom is 0.264 e. The number of aliphatic hydroxyl groups is 1. The molecule has 3 N–H and O–H groups in total. The third-order valence-corrected chi connectivity index (χ3v) is 7.18. The van der Waals surface area contributed by atoms with Crippen LogP contribution in [0.1, 0.15) is 43.9 Å². The normalized spacial score (nSPS) is 16.6. The van der Waals surface area contributed by atoms with Gasteiger partial charge in [-0.25, -0.2) is 17.9 Å². The highest BCUT2D eigenvalue weighted by molar-refractivity contribution is 7.92. The quantitative estimate of drug-likeness (QED) is 0.474.